The summed E-state index contributed by atoms with van der Waals surface area (Å²) in [6.07, 6.45) is 0. The van der Waals surface area contributed by atoms with E-state index >= 15 is 0 Å². The fraction of sp³-hybridized carbons (Fsp3) is 0.188. The summed E-state index contributed by atoms with van der Waals surface area (Å²) < 4.78 is 13.6. The number of non-ortho nitro benzene ring substituents is 1. The molecule has 0 atom stereocenters. The Labute approximate surface area is 153 Å². The molecule has 26 heavy (non-hydrogen) atoms. The van der Waals surface area contributed by atoms with Crippen LogP contribution in [0.4, 0.5) is 27.1 Å². The largest absolute Gasteiger partial charge is 0.395 e. The smallest absolute Gasteiger partial charge is 0.271 e. The van der Waals surface area contributed by atoms with Gasteiger partial charge in [-0.25, -0.2) is 4.39 Å². The Bertz CT molecular complexity index is 819. The molecule has 2 aromatic rings. The molecular weight excluding hydrogens is 367 g/mol. The summed E-state index contributed by atoms with van der Waals surface area (Å²) in [6.45, 7) is -0.168. The molecule has 0 saturated heterocycles. The maximum atomic E-state index is 13.6. The number of amides is 1. The normalized spacial score (nSPS) is 10.3. The van der Waals surface area contributed by atoms with Crippen molar-refractivity contribution in [1.29, 1.82) is 0 Å². The zero-order valence-corrected chi connectivity index (χ0v) is 14.2. The molecule has 0 aliphatic carbocycles. The van der Waals surface area contributed by atoms with Crippen molar-refractivity contribution in [3.63, 3.8) is 0 Å². The molecule has 8 nitrogen and oxygen atoms in total. The van der Waals surface area contributed by atoms with Gasteiger partial charge in [0.2, 0.25) is 5.91 Å². The molecule has 138 valence electrons. The standard InChI is InChI=1S/C16H16ClFN4O4/c17-10-1-3-12(18)14(7-10)21-16(24)9-20-15-8-11(22(25)26)2-4-13(15)19-5-6-23/h1-4,7-8,19-20,23H,5-6,9H2,(H,21,24). The lowest BCUT2D eigenvalue weighted by molar-refractivity contribution is -0.384. The van der Waals surface area contributed by atoms with Crippen molar-refractivity contribution in [1.82, 2.24) is 0 Å². The van der Waals surface area contributed by atoms with Crippen LogP contribution in [-0.2, 0) is 4.79 Å². The van der Waals surface area contributed by atoms with Gasteiger partial charge in [-0.3, -0.25) is 14.9 Å². The van der Waals surface area contributed by atoms with Crippen LogP contribution in [0, 0.1) is 15.9 Å². The molecule has 0 aliphatic rings. The highest BCUT2D eigenvalue weighted by molar-refractivity contribution is 6.30. The summed E-state index contributed by atoms with van der Waals surface area (Å²) in [6, 6.07) is 7.77. The topological polar surface area (TPSA) is 117 Å². The third-order valence-corrected chi connectivity index (χ3v) is 3.52. The zero-order valence-electron chi connectivity index (χ0n) is 13.5. The van der Waals surface area contributed by atoms with E-state index < -0.39 is 16.6 Å². The van der Waals surface area contributed by atoms with Gasteiger partial charge in [-0.2, -0.15) is 0 Å². The van der Waals surface area contributed by atoms with E-state index in [2.05, 4.69) is 16.0 Å². The van der Waals surface area contributed by atoms with Gasteiger partial charge in [-0.1, -0.05) is 11.6 Å². The van der Waals surface area contributed by atoms with Crippen molar-refractivity contribution in [3.05, 3.63) is 57.4 Å². The van der Waals surface area contributed by atoms with Gasteiger partial charge in [-0.15, -0.1) is 0 Å². The average Bonchev–Trinajstić information content (AvgIpc) is 2.61. The molecule has 0 bridgehead atoms. The lowest BCUT2D eigenvalue weighted by atomic mass is 10.2. The Balaban J connectivity index is 2.08. The first kappa shape index (κ1) is 19.4. The molecule has 0 radical (unpaired) electrons. The zero-order chi connectivity index (χ0) is 19.1. The van der Waals surface area contributed by atoms with Crippen molar-refractivity contribution in [3.8, 4) is 0 Å². The molecule has 0 heterocycles. The molecule has 0 saturated carbocycles. The number of halogens is 2. The summed E-state index contributed by atoms with van der Waals surface area (Å²) in [5.41, 5.74) is 0.547. The monoisotopic (exact) mass is 382 g/mol. The molecule has 0 aromatic heterocycles. The van der Waals surface area contributed by atoms with E-state index in [0.29, 0.717) is 11.4 Å². The predicted octanol–water partition coefficient (Wildman–Crippen LogP) is 2.84. The molecule has 10 heteroatoms. The number of carbonyl (C=O) groups excluding carboxylic acids is 1. The quantitative estimate of drug-likeness (QED) is 0.412. The number of aliphatic hydroxyl groups is 1. The van der Waals surface area contributed by atoms with Crippen LogP contribution in [0.25, 0.3) is 0 Å². The molecule has 0 spiro atoms. The minimum Gasteiger partial charge on any atom is -0.395 e. The van der Waals surface area contributed by atoms with Crippen LogP contribution in [-0.4, -0.2) is 35.6 Å². The van der Waals surface area contributed by atoms with Crippen LogP contribution >= 0.6 is 11.6 Å². The van der Waals surface area contributed by atoms with Crippen LogP contribution in [0.1, 0.15) is 0 Å². The van der Waals surface area contributed by atoms with E-state index in [0.717, 1.165) is 6.07 Å². The second-order valence-electron chi connectivity index (χ2n) is 5.16. The van der Waals surface area contributed by atoms with E-state index in [4.69, 9.17) is 16.7 Å². The van der Waals surface area contributed by atoms with Crippen LogP contribution in [0.3, 0.4) is 0 Å². The summed E-state index contributed by atoms with van der Waals surface area (Å²) >= 11 is 5.76. The number of nitro groups is 1. The van der Waals surface area contributed by atoms with Crippen molar-refractivity contribution >= 4 is 40.3 Å². The number of nitrogens with zero attached hydrogens (tertiary/aromatic N) is 1. The van der Waals surface area contributed by atoms with Gasteiger partial charge in [0.05, 0.1) is 35.1 Å². The van der Waals surface area contributed by atoms with Crippen molar-refractivity contribution in [2.24, 2.45) is 0 Å². The molecule has 0 aliphatic heterocycles. The number of hydrogen-bond acceptors (Lipinski definition) is 6. The van der Waals surface area contributed by atoms with Crippen LogP contribution < -0.4 is 16.0 Å². The molecular formula is C16H16ClFN4O4. The number of rotatable bonds is 8. The Morgan fingerprint density at radius 3 is 2.62 bits per heavy atom. The maximum Gasteiger partial charge on any atom is 0.271 e. The highest BCUT2D eigenvalue weighted by Gasteiger charge is 2.13. The van der Waals surface area contributed by atoms with Gasteiger partial charge in [-0.05, 0) is 24.3 Å². The van der Waals surface area contributed by atoms with E-state index in [1.54, 1.807) is 0 Å². The fourth-order valence-electron chi connectivity index (χ4n) is 2.10. The third kappa shape index (κ3) is 5.30. The van der Waals surface area contributed by atoms with Gasteiger partial charge in [0, 0.05) is 23.7 Å². The number of nitro benzene ring substituents is 1. The van der Waals surface area contributed by atoms with E-state index in [1.165, 1.54) is 30.3 Å². The molecule has 0 unspecified atom stereocenters. The van der Waals surface area contributed by atoms with Gasteiger partial charge >= 0.3 is 0 Å². The second-order valence-corrected chi connectivity index (χ2v) is 5.60. The Morgan fingerprint density at radius 2 is 1.92 bits per heavy atom. The summed E-state index contributed by atoms with van der Waals surface area (Å²) in [4.78, 5) is 22.4. The first-order valence-corrected chi connectivity index (χ1v) is 7.90. The van der Waals surface area contributed by atoms with Crippen molar-refractivity contribution in [2.45, 2.75) is 0 Å². The minimum absolute atomic E-state index is 0.0676. The summed E-state index contributed by atoms with van der Waals surface area (Å²) in [7, 11) is 0. The Hall–Kier alpha value is -2.91. The summed E-state index contributed by atoms with van der Waals surface area (Å²) in [5, 5.41) is 28.1. The van der Waals surface area contributed by atoms with E-state index in [1.807, 2.05) is 0 Å². The average molecular weight is 383 g/mol. The van der Waals surface area contributed by atoms with Gasteiger partial charge < -0.3 is 21.1 Å². The Morgan fingerprint density at radius 1 is 1.15 bits per heavy atom. The second kappa shape index (κ2) is 8.97. The highest BCUT2D eigenvalue weighted by Crippen LogP contribution is 2.27. The van der Waals surface area contributed by atoms with Crippen molar-refractivity contribution < 1.29 is 19.2 Å². The van der Waals surface area contributed by atoms with Gasteiger partial charge in [0.25, 0.3) is 5.69 Å². The molecule has 1 amide bonds. The lowest BCUT2D eigenvalue weighted by Gasteiger charge is -2.13. The number of anilines is 3. The maximum absolute atomic E-state index is 13.6. The molecule has 2 aromatic carbocycles. The lowest BCUT2D eigenvalue weighted by Crippen LogP contribution is -2.23. The van der Waals surface area contributed by atoms with E-state index in [-0.39, 0.29) is 36.1 Å². The minimum atomic E-state index is -0.636. The number of hydrogen-bond donors (Lipinski definition) is 4. The van der Waals surface area contributed by atoms with Crippen LogP contribution in [0.5, 0.6) is 0 Å². The first-order valence-electron chi connectivity index (χ1n) is 7.52. The van der Waals surface area contributed by atoms with Crippen molar-refractivity contribution in [2.75, 3.05) is 35.6 Å². The highest BCUT2D eigenvalue weighted by atomic mass is 35.5. The Kier molecular flexibility index (Phi) is 6.70. The SMILES string of the molecule is O=C(CNc1cc([N+](=O)[O-])ccc1NCCO)Nc1cc(Cl)ccc1F. The fourth-order valence-corrected chi connectivity index (χ4v) is 2.27. The molecule has 2 rings (SSSR count). The summed E-state index contributed by atoms with van der Waals surface area (Å²) in [5.74, 6) is -1.20. The number of carbonyl (C=O) groups is 1. The number of benzene rings is 2. The molecule has 4 N–H and O–H groups in total. The van der Waals surface area contributed by atoms with Crippen LogP contribution in [0.15, 0.2) is 36.4 Å². The van der Waals surface area contributed by atoms with Gasteiger partial charge in [0.1, 0.15) is 5.82 Å². The third-order valence-electron chi connectivity index (χ3n) is 3.28. The number of nitrogens with one attached hydrogen (secondary N) is 3. The first-order chi connectivity index (χ1) is 12.4. The van der Waals surface area contributed by atoms with Crippen LogP contribution in [0.2, 0.25) is 5.02 Å². The predicted molar refractivity (Wildman–Crippen MR) is 97.2 cm³/mol. The molecule has 0 fully saturated rings. The number of aliphatic hydroxyl groups excluding tert-OH is 1. The van der Waals surface area contributed by atoms with Gasteiger partial charge in [0.15, 0.2) is 0 Å². The van der Waals surface area contributed by atoms with E-state index in [9.17, 15) is 19.3 Å².